The number of amidine groups is 1. The smallest absolute Gasteiger partial charge is 0.315 e. The fraction of sp³-hybridized carbons (Fsp3) is 0.778. The van der Waals surface area contributed by atoms with E-state index in [0.29, 0.717) is 6.54 Å². The molecule has 5 nitrogen and oxygen atoms in total. The van der Waals surface area contributed by atoms with Crippen LogP contribution in [0.5, 0.6) is 0 Å². The first-order chi connectivity index (χ1) is 6.22. The van der Waals surface area contributed by atoms with E-state index in [4.69, 9.17) is 11.1 Å². The lowest BCUT2D eigenvalue weighted by molar-refractivity contribution is 0.231. The number of nitrogens with two attached hydrogens (primary N) is 1. The van der Waals surface area contributed by atoms with E-state index in [1.165, 1.54) is 0 Å². The first kappa shape index (κ1) is 12.7. The van der Waals surface area contributed by atoms with Crippen molar-refractivity contribution in [2.75, 3.05) is 6.54 Å². The maximum atomic E-state index is 11.3. The fourth-order valence-corrected chi connectivity index (χ4v) is 0.741. The zero-order chi connectivity index (χ0) is 11.4. The lowest BCUT2D eigenvalue weighted by atomic mass is 10.1. The van der Waals surface area contributed by atoms with Gasteiger partial charge in [0.2, 0.25) is 0 Å². The maximum absolute atomic E-state index is 11.3. The van der Waals surface area contributed by atoms with Crippen LogP contribution in [0, 0.1) is 11.3 Å². The Bertz CT molecular complexity index is 219. The van der Waals surface area contributed by atoms with Crippen molar-refractivity contribution in [1.82, 2.24) is 10.6 Å². The molecule has 0 aromatic heterocycles. The number of hydrogen-bond acceptors (Lipinski definition) is 2. The molecule has 0 aliphatic carbocycles. The Labute approximate surface area is 84.9 Å². The van der Waals surface area contributed by atoms with Gasteiger partial charge in [0.05, 0.1) is 5.84 Å². The Kier molecular flexibility index (Phi) is 4.40. The molecule has 0 aliphatic rings. The summed E-state index contributed by atoms with van der Waals surface area (Å²) in [6, 6.07) is -0.231. The Morgan fingerprint density at radius 3 is 2.36 bits per heavy atom. The minimum absolute atomic E-state index is 0.0843. The summed E-state index contributed by atoms with van der Waals surface area (Å²) in [5, 5.41) is 12.5. The summed E-state index contributed by atoms with van der Waals surface area (Å²) < 4.78 is 0. The number of nitrogens with one attached hydrogen (secondary N) is 3. The van der Waals surface area contributed by atoms with Gasteiger partial charge in [-0.15, -0.1) is 0 Å². The van der Waals surface area contributed by atoms with Crippen LogP contribution in [0.2, 0.25) is 0 Å². The van der Waals surface area contributed by atoms with Gasteiger partial charge in [0.25, 0.3) is 0 Å². The van der Waals surface area contributed by atoms with Crippen molar-refractivity contribution >= 4 is 11.9 Å². The van der Waals surface area contributed by atoms with Gasteiger partial charge in [-0.1, -0.05) is 6.92 Å². The van der Waals surface area contributed by atoms with Crippen LogP contribution in [-0.2, 0) is 0 Å². The zero-order valence-corrected chi connectivity index (χ0v) is 9.27. The summed E-state index contributed by atoms with van der Waals surface area (Å²) in [5.41, 5.74) is 5.01. The van der Waals surface area contributed by atoms with Gasteiger partial charge in [0, 0.05) is 18.0 Å². The number of carbonyl (C=O) groups is 1. The number of hydrogen-bond donors (Lipinski definition) is 4. The van der Waals surface area contributed by atoms with Gasteiger partial charge in [0.15, 0.2) is 0 Å². The molecule has 0 saturated carbocycles. The van der Waals surface area contributed by atoms with Crippen molar-refractivity contribution in [3.8, 4) is 0 Å². The highest BCUT2D eigenvalue weighted by Gasteiger charge is 2.14. The average Bonchev–Trinajstić information content (AvgIpc) is 1.96. The molecule has 0 aliphatic heterocycles. The molecule has 0 fully saturated rings. The molecule has 0 saturated heterocycles. The second-order valence-corrected chi connectivity index (χ2v) is 4.44. The third-order valence-electron chi connectivity index (χ3n) is 1.59. The predicted octanol–water partition coefficient (Wildman–Crippen LogP) is 0.656. The van der Waals surface area contributed by atoms with Crippen LogP contribution in [-0.4, -0.2) is 24.0 Å². The maximum Gasteiger partial charge on any atom is 0.315 e. The van der Waals surface area contributed by atoms with Crippen LogP contribution in [0.1, 0.15) is 27.7 Å². The third-order valence-corrected chi connectivity index (χ3v) is 1.59. The molecule has 0 rings (SSSR count). The van der Waals surface area contributed by atoms with Gasteiger partial charge in [-0.25, -0.2) is 4.79 Å². The predicted molar refractivity (Wildman–Crippen MR) is 57.4 cm³/mol. The van der Waals surface area contributed by atoms with E-state index in [1.54, 1.807) is 6.92 Å². The van der Waals surface area contributed by atoms with Crippen molar-refractivity contribution in [3.05, 3.63) is 0 Å². The largest absolute Gasteiger partial charge is 0.387 e. The molecule has 1 unspecified atom stereocenters. The van der Waals surface area contributed by atoms with Crippen LogP contribution in [0.4, 0.5) is 4.79 Å². The highest BCUT2D eigenvalue weighted by molar-refractivity contribution is 5.80. The molecular weight excluding hydrogens is 180 g/mol. The van der Waals surface area contributed by atoms with E-state index in [2.05, 4.69) is 10.6 Å². The lowest BCUT2D eigenvalue weighted by Gasteiger charge is -2.21. The Hall–Kier alpha value is -1.26. The van der Waals surface area contributed by atoms with Gasteiger partial charge in [-0.2, -0.15) is 0 Å². The quantitative estimate of drug-likeness (QED) is 0.398. The first-order valence-corrected chi connectivity index (χ1v) is 4.62. The highest BCUT2D eigenvalue weighted by atomic mass is 16.2. The van der Waals surface area contributed by atoms with Gasteiger partial charge >= 0.3 is 6.03 Å². The van der Waals surface area contributed by atoms with E-state index in [1.807, 2.05) is 20.8 Å². The van der Waals surface area contributed by atoms with Gasteiger partial charge in [0.1, 0.15) is 0 Å². The Morgan fingerprint density at radius 2 is 2.00 bits per heavy atom. The van der Waals surface area contributed by atoms with Crippen molar-refractivity contribution in [3.63, 3.8) is 0 Å². The van der Waals surface area contributed by atoms with Crippen LogP contribution in [0.15, 0.2) is 0 Å². The SMILES string of the molecule is CC(CNC(=O)NC(C)(C)C)C(=N)N. The summed E-state index contributed by atoms with van der Waals surface area (Å²) in [6.45, 7) is 7.89. The second kappa shape index (κ2) is 4.83. The van der Waals surface area contributed by atoms with Crippen molar-refractivity contribution < 1.29 is 4.79 Å². The Morgan fingerprint density at radius 1 is 1.50 bits per heavy atom. The van der Waals surface area contributed by atoms with Gasteiger partial charge in [-0.3, -0.25) is 5.41 Å². The summed E-state index contributed by atoms with van der Waals surface area (Å²) in [4.78, 5) is 11.3. The molecule has 0 radical (unpaired) electrons. The number of amides is 2. The number of carbonyl (C=O) groups excluding carboxylic acids is 1. The molecule has 14 heavy (non-hydrogen) atoms. The molecule has 5 heteroatoms. The zero-order valence-electron chi connectivity index (χ0n) is 9.27. The molecule has 82 valence electrons. The second-order valence-electron chi connectivity index (χ2n) is 4.44. The first-order valence-electron chi connectivity index (χ1n) is 4.62. The molecule has 2 amide bonds. The summed E-state index contributed by atoms with van der Waals surface area (Å²) in [7, 11) is 0. The number of rotatable bonds is 3. The standard InChI is InChI=1S/C9H20N4O/c1-6(7(10)11)5-12-8(14)13-9(2,3)4/h6H,5H2,1-4H3,(H3,10,11)(H2,12,13,14). The monoisotopic (exact) mass is 200 g/mol. The summed E-state index contributed by atoms with van der Waals surface area (Å²) in [5.74, 6) is -0.0400. The Balaban J connectivity index is 3.81. The molecule has 0 heterocycles. The van der Waals surface area contributed by atoms with Gasteiger partial charge in [-0.05, 0) is 20.8 Å². The van der Waals surface area contributed by atoms with Crippen LogP contribution in [0.3, 0.4) is 0 Å². The van der Waals surface area contributed by atoms with Crippen molar-refractivity contribution in [2.45, 2.75) is 33.2 Å². The molecule has 0 aromatic carbocycles. The minimum Gasteiger partial charge on any atom is -0.387 e. The molecule has 0 aromatic rings. The third kappa shape index (κ3) is 6.28. The molecule has 0 spiro atoms. The van der Waals surface area contributed by atoms with E-state index in [-0.39, 0.29) is 23.3 Å². The summed E-state index contributed by atoms with van der Waals surface area (Å²) >= 11 is 0. The summed E-state index contributed by atoms with van der Waals surface area (Å²) in [6.07, 6.45) is 0. The van der Waals surface area contributed by atoms with E-state index >= 15 is 0 Å². The van der Waals surface area contributed by atoms with E-state index in [9.17, 15) is 4.79 Å². The van der Waals surface area contributed by atoms with Crippen molar-refractivity contribution in [2.24, 2.45) is 11.7 Å². The van der Waals surface area contributed by atoms with Crippen molar-refractivity contribution in [1.29, 1.82) is 5.41 Å². The van der Waals surface area contributed by atoms with Crippen LogP contribution >= 0.6 is 0 Å². The van der Waals surface area contributed by atoms with E-state index in [0.717, 1.165) is 0 Å². The van der Waals surface area contributed by atoms with Crippen LogP contribution < -0.4 is 16.4 Å². The van der Waals surface area contributed by atoms with Gasteiger partial charge < -0.3 is 16.4 Å². The molecule has 1 atom stereocenters. The molecule has 0 bridgehead atoms. The molecular formula is C9H20N4O. The van der Waals surface area contributed by atoms with Crippen LogP contribution in [0.25, 0.3) is 0 Å². The fourth-order valence-electron chi connectivity index (χ4n) is 0.741. The number of urea groups is 1. The normalized spacial score (nSPS) is 13.1. The topological polar surface area (TPSA) is 91.0 Å². The molecule has 5 N–H and O–H groups in total. The lowest BCUT2D eigenvalue weighted by Crippen LogP contribution is -2.48. The average molecular weight is 200 g/mol. The van der Waals surface area contributed by atoms with E-state index < -0.39 is 0 Å². The highest BCUT2D eigenvalue weighted by Crippen LogP contribution is 1.97. The minimum atomic E-state index is -0.246.